The molecule has 0 aliphatic heterocycles. The van der Waals surface area contributed by atoms with Crippen LogP contribution in [0.4, 0.5) is 0 Å². The molecule has 0 aliphatic rings. The van der Waals surface area contributed by atoms with Crippen LogP contribution in [-0.4, -0.2) is 18.7 Å². The fourth-order valence-corrected chi connectivity index (χ4v) is 2.95. The van der Waals surface area contributed by atoms with Crippen LogP contribution in [0.3, 0.4) is 0 Å². The van der Waals surface area contributed by atoms with E-state index in [4.69, 9.17) is 0 Å². The first-order valence-electron chi connectivity index (χ1n) is 7.66. The number of hydrogen-bond donors (Lipinski definition) is 2. The molecule has 0 fully saturated rings. The Labute approximate surface area is 131 Å². The number of fused-ring (bicyclic) bond motifs is 1. The first-order valence-corrected chi connectivity index (χ1v) is 7.66. The van der Waals surface area contributed by atoms with Crippen molar-refractivity contribution in [1.82, 2.24) is 5.32 Å². The Morgan fingerprint density at radius 3 is 2.23 bits per heavy atom. The van der Waals surface area contributed by atoms with Gasteiger partial charge in [0.1, 0.15) is 0 Å². The average molecular weight is 291 g/mol. The lowest BCUT2D eigenvalue weighted by molar-refractivity contribution is 0.144. The van der Waals surface area contributed by atoms with Gasteiger partial charge in [-0.05, 0) is 28.9 Å². The minimum Gasteiger partial charge on any atom is -0.388 e. The maximum atomic E-state index is 10.8. The molecule has 2 N–H and O–H groups in total. The Morgan fingerprint density at radius 2 is 1.50 bits per heavy atom. The maximum absolute atomic E-state index is 10.8. The summed E-state index contributed by atoms with van der Waals surface area (Å²) in [5.74, 6) is 0.0250. The van der Waals surface area contributed by atoms with Gasteiger partial charge >= 0.3 is 0 Å². The summed E-state index contributed by atoms with van der Waals surface area (Å²) in [5, 5.41) is 16.4. The van der Waals surface area contributed by atoms with Crippen molar-refractivity contribution in [2.24, 2.45) is 0 Å². The van der Waals surface area contributed by atoms with Gasteiger partial charge in [0.05, 0.1) is 6.10 Å². The summed E-state index contributed by atoms with van der Waals surface area (Å²) < 4.78 is 0. The van der Waals surface area contributed by atoms with Crippen molar-refractivity contribution in [2.75, 3.05) is 13.6 Å². The first-order chi connectivity index (χ1) is 10.8. The van der Waals surface area contributed by atoms with Crippen LogP contribution >= 0.6 is 0 Å². The van der Waals surface area contributed by atoms with E-state index in [1.165, 1.54) is 10.8 Å². The molecule has 0 heterocycles. The van der Waals surface area contributed by atoms with E-state index in [2.05, 4.69) is 35.6 Å². The Kier molecular flexibility index (Phi) is 4.52. The van der Waals surface area contributed by atoms with Gasteiger partial charge in [0.15, 0.2) is 0 Å². The van der Waals surface area contributed by atoms with Gasteiger partial charge in [-0.1, -0.05) is 72.8 Å². The molecule has 0 aromatic heterocycles. The van der Waals surface area contributed by atoms with E-state index in [-0.39, 0.29) is 5.92 Å². The predicted molar refractivity (Wildman–Crippen MR) is 92.0 cm³/mol. The molecule has 3 aromatic rings. The smallest absolute Gasteiger partial charge is 0.0870 e. The zero-order valence-electron chi connectivity index (χ0n) is 12.7. The number of hydrogen-bond acceptors (Lipinski definition) is 2. The van der Waals surface area contributed by atoms with E-state index < -0.39 is 6.10 Å². The van der Waals surface area contributed by atoms with E-state index >= 15 is 0 Å². The highest BCUT2D eigenvalue weighted by Gasteiger charge is 2.22. The molecule has 0 radical (unpaired) electrons. The van der Waals surface area contributed by atoms with E-state index in [1.807, 2.05) is 49.5 Å². The van der Waals surface area contributed by atoms with Gasteiger partial charge in [0, 0.05) is 12.5 Å². The summed E-state index contributed by atoms with van der Waals surface area (Å²) in [7, 11) is 1.92. The van der Waals surface area contributed by atoms with Crippen LogP contribution in [0.15, 0.2) is 72.8 Å². The average Bonchev–Trinajstić information content (AvgIpc) is 2.59. The second kappa shape index (κ2) is 6.73. The zero-order valence-corrected chi connectivity index (χ0v) is 12.7. The second-order valence-corrected chi connectivity index (χ2v) is 5.63. The number of nitrogens with one attached hydrogen (secondary N) is 1. The van der Waals surface area contributed by atoms with Gasteiger partial charge < -0.3 is 10.4 Å². The molecular weight excluding hydrogens is 270 g/mol. The summed E-state index contributed by atoms with van der Waals surface area (Å²) >= 11 is 0. The highest BCUT2D eigenvalue weighted by molar-refractivity contribution is 5.83. The van der Waals surface area contributed by atoms with Crippen molar-refractivity contribution in [2.45, 2.75) is 12.0 Å². The highest BCUT2D eigenvalue weighted by Crippen LogP contribution is 2.32. The van der Waals surface area contributed by atoms with Gasteiger partial charge in [-0.3, -0.25) is 0 Å². The van der Waals surface area contributed by atoms with Gasteiger partial charge in [-0.15, -0.1) is 0 Å². The molecule has 1 unspecified atom stereocenters. The summed E-state index contributed by atoms with van der Waals surface area (Å²) in [6.07, 6.45) is -0.519. The summed E-state index contributed by atoms with van der Waals surface area (Å²) in [6, 6.07) is 24.6. The minimum atomic E-state index is -0.519. The predicted octanol–water partition coefficient (Wildman–Crippen LogP) is 3.88. The molecule has 0 saturated carbocycles. The van der Waals surface area contributed by atoms with Crippen LogP contribution in [0.1, 0.15) is 23.1 Å². The molecule has 22 heavy (non-hydrogen) atoms. The van der Waals surface area contributed by atoms with Crippen molar-refractivity contribution < 1.29 is 5.11 Å². The summed E-state index contributed by atoms with van der Waals surface area (Å²) in [5.41, 5.74) is 2.11. The molecule has 2 nitrogen and oxygen atoms in total. The third-order valence-corrected chi connectivity index (χ3v) is 4.15. The van der Waals surface area contributed by atoms with Gasteiger partial charge in [0.2, 0.25) is 0 Å². The number of likely N-dealkylation sites (N-methyl/N-ethyl adjacent to an activating group) is 1. The standard InChI is InChI=1S/C20H21NO/c1-21-14-19(20(22)16-8-3-2-4-9-16)18-12-11-15-7-5-6-10-17(15)13-18/h2-13,19-22H,14H2,1H3/t19?,20-/m0/s1. The largest absolute Gasteiger partial charge is 0.388 e. The Morgan fingerprint density at radius 1 is 0.818 bits per heavy atom. The van der Waals surface area contributed by atoms with E-state index in [1.54, 1.807) is 0 Å². The van der Waals surface area contributed by atoms with Crippen LogP contribution in [0.25, 0.3) is 10.8 Å². The van der Waals surface area contributed by atoms with Crippen molar-refractivity contribution in [3.05, 3.63) is 83.9 Å². The molecule has 3 aromatic carbocycles. The van der Waals surface area contributed by atoms with Crippen molar-refractivity contribution >= 4 is 10.8 Å². The van der Waals surface area contributed by atoms with Crippen LogP contribution in [0, 0.1) is 0 Å². The van der Waals surface area contributed by atoms with Crippen LogP contribution in [-0.2, 0) is 0 Å². The van der Waals surface area contributed by atoms with Gasteiger partial charge in [0.25, 0.3) is 0 Å². The van der Waals surface area contributed by atoms with Crippen molar-refractivity contribution in [1.29, 1.82) is 0 Å². The molecule has 3 rings (SSSR count). The molecule has 0 amide bonds. The summed E-state index contributed by atoms with van der Waals surface area (Å²) in [6.45, 7) is 0.731. The van der Waals surface area contributed by atoms with Crippen LogP contribution in [0.5, 0.6) is 0 Å². The lowest BCUT2D eigenvalue weighted by Gasteiger charge is -2.24. The molecule has 2 atom stereocenters. The minimum absolute atomic E-state index is 0.0250. The third kappa shape index (κ3) is 3.03. The summed E-state index contributed by atoms with van der Waals surface area (Å²) in [4.78, 5) is 0. The second-order valence-electron chi connectivity index (χ2n) is 5.63. The SMILES string of the molecule is CNCC(c1ccc2ccccc2c1)[C@@H](O)c1ccccc1. The zero-order chi connectivity index (χ0) is 15.4. The number of aliphatic hydroxyl groups is 1. The molecule has 0 spiro atoms. The Hall–Kier alpha value is -2.16. The van der Waals surface area contributed by atoms with Crippen LogP contribution < -0.4 is 5.32 Å². The van der Waals surface area contributed by atoms with E-state index in [0.717, 1.165) is 17.7 Å². The van der Waals surface area contributed by atoms with Gasteiger partial charge in [-0.2, -0.15) is 0 Å². The fourth-order valence-electron chi connectivity index (χ4n) is 2.95. The normalized spacial score (nSPS) is 13.9. The Balaban J connectivity index is 1.98. The maximum Gasteiger partial charge on any atom is 0.0870 e. The number of aliphatic hydroxyl groups excluding tert-OH is 1. The Bertz CT molecular complexity index is 739. The number of benzene rings is 3. The molecule has 0 bridgehead atoms. The molecular formula is C20H21NO. The highest BCUT2D eigenvalue weighted by atomic mass is 16.3. The van der Waals surface area contributed by atoms with Gasteiger partial charge in [-0.25, -0.2) is 0 Å². The van der Waals surface area contributed by atoms with Crippen molar-refractivity contribution in [3.63, 3.8) is 0 Å². The lowest BCUT2D eigenvalue weighted by atomic mass is 9.88. The monoisotopic (exact) mass is 291 g/mol. The van der Waals surface area contributed by atoms with Crippen molar-refractivity contribution in [3.8, 4) is 0 Å². The fraction of sp³-hybridized carbons (Fsp3) is 0.200. The number of rotatable bonds is 5. The quantitative estimate of drug-likeness (QED) is 0.748. The van der Waals surface area contributed by atoms with E-state index in [9.17, 15) is 5.11 Å². The molecule has 0 saturated heterocycles. The first kappa shape index (κ1) is 14.8. The van der Waals surface area contributed by atoms with Crippen LogP contribution in [0.2, 0.25) is 0 Å². The lowest BCUT2D eigenvalue weighted by Crippen LogP contribution is -2.23. The third-order valence-electron chi connectivity index (χ3n) is 4.15. The molecule has 0 aliphatic carbocycles. The molecule has 2 heteroatoms. The van der Waals surface area contributed by atoms with E-state index in [0.29, 0.717) is 0 Å². The molecule has 112 valence electrons. The topological polar surface area (TPSA) is 32.3 Å².